The summed E-state index contributed by atoms with van der Waals surface area (Å²) in [5.74, 6) is 0. The van der Waals surface area contributed by atoms with Crippen molar-refractivity contribution in [3.63, 3.8) is 0 Å². The third-order valence-corrected chi connectivity index (χ3v) is 7.62. The van der Waals surface area contributed by atoms with Crippen LogP contribution in [0.1, 0.15) is 27.7 Å². The van der Waals surface area contributed by atoms with Gasteiger partial charge in [0, 0.05) is 0 Å². The highest BCUT2D eigenvalue weighted by Crippen LogP contribution is 2.36. The van der Waals surface area contributed by atoms with E-state index < -0.39 is 8.07 Å². The summed E-state index contributed by atoms with van der Waals surface area (Å²) in [5.41, 5.74) is 2.23. The zero-order valence-electron chi connectivity index (χ0n) is 9.18. The van der Waals surface area contributed by atoms with Gasteiger partial charge in [0.05, 0.1) is 14.2 Å². The summed E-state index contributed by atoms with van der Waals surface area (Å²) < 4.78 is 0. The molecule has 1 N–H and O–H groups in total. The van der Waals surface area contributed by atoms with E-state index in [0.29, 0.717) is 5.04 Å². The number of aliphatic hydroxyl groups excluding tert-OH is 1. The molecule has 0 aliphatic rings. The molecular formula is C10H22OSi. The number of hydrogen-bond acceptors (Lipinski definition) is 1. The molecule has 1 atom stereocenters. The topological polar surface area (TPSA) is 20.2 Å². The van der Waals surface area contributed by atoms with Gasteiger partial charge in [-0.2, -0.15) is 0 Å². The maximum atomic E-state index is 9.12. The van der Waals surface area contributed by atoms with Crippen molar-refractivity contribution in [3.8, 4) is 0 Å². The van der Waals surface area contributed by atoms with E-state index in [4.69, 9.17) is 5.11 Å². The van der Waals surface area contributed by atoms with E-state index in [0.717, 1.165) is 0 Å². The van der Waals surface area contributed by atoms with E-state index in [2.05, 4.69) is 39.6 Å². The van der Waals surface area contributed by atoms with Crippen LogP contribution in [0.15, 0.2) is 11.8 Å². The summed E-state index contributed by atoms with van der Waals surface area (Å²) in [4.78, 5) is 0. The minimum atomic E-state index is -1.31. The van der Waals surface area contributed by atoms with E-state index in [1.165, 1.54) is 0 Å². The first kappa shape index (κ1) is 11.9. The SMILES string of the molecule is C[C@H](O)/C=C/[Si](C)(C)C(C)(C)C. The molecule has 0 unspecified atom stereocenters. The van der Waals surface area contributed by atoms with Gasteiger partial charge >= 0.3 is 0 Å². The molecule has 0 aliphatic carbocycles. The zero-order valence-corrected chi connectivity index (χ0v) is 10.2. The summed E-state index contributed by atoms with van der Waals surface area (Å²) in [7, 11) is -1.31. The summed E-state index contributed by atoms with van der Waals surface area (Å²) in [6.45, 7) is 13.3. The van der Waals surface area contributed by atoms with Crippen molar-refractivity contribution in [2.24, 2.45) is 0 Å². The van der Waals surface area contributed by atoms with Gasteiger partial charge in [-0.3, -0.25) is 0 Å². The second kappa shape index (κ2) is 3.75. The standard InChI is InChI=1S/C10H22OSi/c1-9(11)7-8-12(5,6)10(2,3)4/h7-9,11H,1-6H3/b8-7+/t9-/m0/s1. The van der Waals surface area contributed by atoms with Crippen molar-refractivity contribution < 1.29 is 5.11 Å². The molecule has 0 radical (unpaired) electrons. The Kier molecular flexibility index (Phi) is 3.73. The molecule has 0 aromatic rings. The first-order valence-corrected chi connectivity index (χ1v) is 7.62. The van der Waals surface area contributed by atoms with Crippen LogP contribution in [-0.2, 0) is 0 Å². The first-order valence-electron chi connectivity index (χ1n) is 4.54. The maximum Gasteiger partial charge on any atom is 0.0767 e. The number of hydrogen-bond donors (Lipinski definition) is 1. The normalized spacial score (nSPS) is 16.9. The van der Waals surface area contributed by atoms with Gasteiger partial charge in [-0.1, -0.05) is 45.6 Å². The zero-order chi connectivity index (χ0) is 9.99. The molecule has 72 valence electrons. The molecule has 0 amide bonds. The Labute approximate surface area is 77.5 Å². The average molecular weight is 186 g/mol. The molecule has 0 aromatic heterocycles. The van der Waals surface area contributed by atoms with Crippen LogP contribution in [0.4, 0.5) is 0 Å². The van der Waals surface area contributed by atoms with Crippen molar-refractivity contribution in [2.45, 2.75) is 51.9 Å². The van der Waals surface area contributed by atoms with Gasteiger partial charge in [0.2, 0.25) is 0 Å². The predicted octanol–water partition coefficient (Wildman–Crippen LogP) is 2.97. The quantitative estimate of drug-likeness (QED) is 0.657. The fraction of sp³-hybridized carbons (Fsp3) is 0.800. The predicted molar refractivity (Wildman–Crippen MR) is 58.0 cm³/mol. The molecule has 0 spiro atoms. The average Bonchev–Trinajstić information content (AvgIpc) is 1.81. The van der Waals surface area contributed by atoms with Gasteiger partial charge in [0.15, 0.2) is 0 Å². The Bertz CT molecular complexity index is 163. The highest BCUT2D eigenvalue weighted by atomic mass is 28.3. The van der Waals surface area contributed by atoms with E-state index in [-0.39, 0.29) is 6.10 Å². The molecule has 1 nitrogen and oxygen atoms in total. The smallest absolute Gasteiger partial charge is 0.0767 e. The lowest BCUT2D eigenvalue weighted by Crippen LogP contribution is -2.35. The van der Waals surface area contributed by atoms with Crippen LogP contribution in [0.2, 0.25) is 18.1 Å². The van der Waals surface area contributed by atoms with E-state index in [9.17, 15) is 0 Å². The Balaban J connectivity index is 4.43. The fourth-order valence-corrected chi connectivity index (χ4v) is 1.89. The number of rotatable bonds is 2. The summed E-state index contributed by atoms with van der Waals surface area (Å²) in [5, 5.41) is 9.49. The van der Waals surface area contributed by atoms with Gasteiger partial charge in [0.25, 0.3) is 0 Å². The van der Waals surface area contributed by atoms with Gasteiger partial charge in [-0.05, 0) is 12.0 Å². The summed E-state index contributed by atoms with van der Waals surface area (Å²) in [6.07, 6.45) is 1.61. The Hall–Kier alpha value is -0.0831. The van der Waals surface area contributed by atoms with Crippen molar-refractivity contribution in [1.29, 1.82) is 0 Å². The third-order valence-electron chi connectivity index (χ3n) is 2.72. The molecule has 0 heterocycles. The third kappa shape index (κ3) is 3.54. The highest BCUT2D eigenvalue weighted by Gasteiger charge is 2.32. The lowest BCUT2D eigenvalue weighted by Gasteiger charge is -2.34. The lowest BCUT2D eigenvalue weighted by molar-refractivity contribution is 0.244. The molecule has 2 heteroatoms. The van der Waals surface area contributed by atoms with Gasteiger partial charge in [-0.15, -0.1) is 0 Å². The molecule has 0 saturated heterocycles. The number of aliphatic hydroxyl groups is 1. The van der Waals surface area contributed by atoms with Crippen LogP contribution < -0.4 is 0 Å². The van der Waals surface area contributed by atoms with Crippen molar-refractivity contribution in [2.75, 3.05) is 0 Å². The van der Waals surface area contributed by atoms with Crippen molar-refractivity contribution in [3.05, 3.63) is 11.8 Å². The Morgan fingerprint density at radius 1 is 1.25 bits per heavy atom. The molecule has 0 aromatic carbocycles. The minimum Gasteiger partial charge on any atom is -0.389 e. The van der Waals surface area contributed by atoms with Gasteiger partial charge in [0.1, 0.15) is 0 Å². The van der Waals surface area contributed by atoms with Crippen LogP contribution >= 0.6 is 0 Å². The second-order valence-electron chi connectivity index (χ2n) is 5.07. The monoisotopic (exact) mass is 186 g/mol. The molecule has 0 rings (SSSR count). The molecule has 0 bridgehead atoms. The van der Waals surface area contributed by atoms with E-state index in [1.807, 2.05) is 6.08 Å². The maximum absolute atomic E-state index is 9.12. The van der Waals surface area contributed by atoms with Crippen LogP contribution in [0, 0.1) is 0 Å². The Morgan fingerprint density at radius 3 is 1.92 bits per heavy atom. The van der Waals surface area contributed by atoms with Gasteiger partial charge in [-0.25, -0.2) is 0 Å². The molecular weight excluding hydrogens is 164 g/mol. The molecule has 12 heavy (non-hydrogen) atoms. The fourth-order valence-electron chi connectivity index (χ4n) is 0.630. The molecule has 0 fully saturated rings. The summed E-state index contributed by atoms with van der Waals surface area (Å²) in [6, 6.07) is 0. The van der Waals surface area contributed by atoms with Crippen LogP contribution in [-0.4, -0.2) is 19.3 Å². The van der Waals surface area contributed by atoms with E-state index >= 15 is 0 Å². The molecule has 0 saturated carbocycles. The summed E-state index contributed by atoms with van der Waals surface area (Å²) >= 11 is 0. The van der Waals surface area contributed by atoms with Crippen molar-refractivity contribution in [1.82, 2.24) is 0 Å². The Morgan fingerprint density at radius 2 is 1.67 bits per heavy atom. The minimum absolute atomic E-state index is 0.306. The van der Waals surface area contributed by atoms with E-state index in [1.54, 1.807) is 6.92 Å². The van der Waals surface area contributed by atoms with Crippen LogP contribution in [0.5, 0.6) is 0 Å². The van der Waals surface area contributed by atoms with Gasteiger partial charge < -0.3 is 5.11 Å². The first-order chi connectivity index (χ1) is 5.17. The molecule has 0 aliphatic heterocycles. The largest absolute Gasteiger partial charge is 0.389 e. The van der Waals surface area contributed by atoms with Crippen LogP contribution in [0.25, 0.3) is 0 Å². The van der Waals surface area contributed by atoms with Crippen LogP contribution in [0.3, 0.4) is 0 Å². The highest BCUT2D eigenvalue weighted by molar-refractivity contribution is 6.84. The van der Waals surface area contributed by atoms with Crippen molar-refractivity contribution >= 4 is 8.07 Å². The lowest BCUT2D eigenvalue weighted by atomic mass is 10.2. The second-order valence-corrected chi connectivity index (χ2v) is 10.3.